The van der Waals surface area contributed by atoms with Crippen molar-refractivity contribution in [3.63, 3.8) is 0 Å². The number of rotatable bonds is 7. The van der Waals surface area contributed by atoms with Crippen LogP contribution in [0.5, 0.6) is 5.75 Å². The average molecular weight is 487 g/mol. The summed E-state index contributed by atoms with van der Waals surface area (Å²) >= 11 is 24.7. The lowest BCUT2D eigenvalue weighted by Gasteiger charge is -2.23. The number of hydrogen-bond acceptors (Lipinski definition) is 3. The molecule has 0 amide bonds. The lowest BCUT2D eigenvalue weighted by molar-refractivity contribution is 0.288. The first-order valence-corrected chi connectivity index (χ1v) is 11.7. The van der Waals surface area contributed by atoms with Gasteiger partial charge in [-0.15, -0.1) is 0 Å². The number of aryl methyl sites for hydroxylation is 1. The van der Waals surface area contributed by atoms with Crippen molar-refractivity contribution in [1.29, 1.82) is 0 Å². The number of nitrogens with one attached hydrogen (secondary N) is 1. The quantitative estimate of drug-likeness (QED) is 0.385. The van der Waals surface area contributed by atoms with Crippen molar-refractivity contribution >= 4 is 57.4 Å². The molecule has 1 aliphatic rings. The van der Waals surface area contributed by atoms with E-state index in [-0.39, 0.29) is 6.61 Å². The molecule has 4 nitrogen and oxygen atoms in total. The number of fused-ring (bicyclic) bond motifs is 1. The van der Waals surface area contributed by atoms with E-state index in [1.165, 1.54) is 19.3 Å². The monoisotopic (exact) mass is 485 g/mol. The lowest BCUT2D eigenvalue weighted by atomic mass is 10.0. The fourth-order valence-corrected chi connectivity index (χ4v) is 4.71. The van der Waals surface area contributed by atoms with Gasteiger partial charge in [0.2, 0.25) is 0 Å². The van der Waals surface area contributed by atoms with Crippen LogP contribution in [0.2, 0.25) is 20.1 Å². The predicted molar refractivity (Wildman–Crippen MR) is 125 cm³/mol. The van der Waals surface area contributed by atoms with Gasteiger partial charge in [0.1, 0.15) is 18.2 Å². The van der Waals surface area contributed by atoms with Gasteiger partial charge in [0.05, 0.1) is 26.1 Å². The molecule has 2 heterocycles. The molecule has 0 bridgehead atoms. The Balaban J connectivity index is 1.54. The molecule has 160 valence electrons. The standard InChI is InChI=1S/C22H23Cl4N3O/c23-14-6-7-21(18(26)10-14)30-13-22-28-19-11-16(24)17(25)12-20(19)29(22)9-3-5-15-4-1-2-8-27-15/h6-7,10-12,15,27H,1-5,8-9,13H2. The molecule has 1 aromatic heterocycles. The van der Waals surface area contributed by atoms with Gasteiger partial charge in [0.25, 0.3) is 0 Å². The van der Waals surface area contributed by atoms with E-state index in [0.717, 1.165) is 42.8 Å². The number of ether oxygens (including phenoxy) is 1. The Morgan fingerprint density at radius 3 is 2.63 bits per heavy atom. The maximum Gasteiger partial charge on any atom is 0.148 e. The van der Waals surface area contributed by atoms with E-state index in [2.05, 4.69) is 9.88 Å². The van der Waals surface area contributed by atoms with Gasteiger partial charge >= 0.3 is 0 Å². The van der Waals surface area contributed by atoms with Crippen LogP contribution in [-0.4, -0.2) is 22.1 Å². The minimum absolute atomic E-state index is 0.285. The number of piperidine rings is 1. The van der Waals surface area contributed by atoms with Crippen molar-refractivity contribution in [3.8, 4) is 5.75 Å². The number of aromatic nitrogens is 2. The molecule has 0 aliphatic carbocycles. The molecule has 1 saturated heterocycles. The van der Waals surface area contributed by atoms with Crippen LogP contribution in [0.15, 0.2) is 30.3 Å². The van der Waals surface area contributed by atoms with E-state index in [1.54, 1.807) is 24.3 Å². The Morgan fingerprint density at radius 1 is 1.03 bits per heavy atom. The first kappa shape index (κ1) is 22.0. The van der Waals surface area contributed by atoms with E-state index in [9.17, 15) is 0 Å². The fraction of sp³-hybridized carbons (Fsp3) is 0.409. The topological polar surface area (TPSA) is 39.1 Å². The van der Waals surface area contributed by atoms with Gasteiger partial charge in [0.15, 0.2) is 0 Å². The van der Waals surface area contributed by atoms with Gasteiger partial charge in [-0.05, 0) is 62.6 Å². The van der Waals surface area contributed by atoms with Gasteiger partial charge in [-0.1, -0.05) is 52.8 Å². The minimum atomic E-state index is 0.285. The second kappa shape index (κ2) is 9.97. The van der Waals surface area contributed by atoms with Gasteiger partial charge in [0, 0.05) is 17.6 Å². The molecular formula is C22H23Cl4N3O. The van der Waals surface area contributed by atoms with E-state index in [1.807, 2.05) is 6.07 Å². The summed E-state index contributed by atoms with van der Waals surface area (Å²) in [6.07, 6.45) is 6.00. The second-order valence-electron chi connectivity index (χ2n) is 7.59. The van der Waals surface area contributed by atoms with Crippen LogP contribution in [0.3, 0.4) is 0 Å². The Bertz CT molecular complexity index is 1030. The van der Waals surface area contributed by atoms with Crippen LogP contribution in [0.25, 0.3) is 11.0 Å². The smallest absolute Gasteiger partial charge is 0.148 e. The molecule has 0 saturated carbocycles. The van der Waals surface area contributed by atoms with Crippen LogP contribution in [0.1, 0.15) is 37.9 Å². The highest BCUT2D eigenvalue weighted by molar-refractivity contribution is 6.42. The Labute approximate surface area is 196 Å². The normalized spacial score (nSPS) is 16.9. The predicted octanol–water partition coefficient (Wildman–Crippen LogP) is 7.15. The zero-order chi connectivity index (χ0) is 21.1. The first-order valence-electron chi connectivity index (χ1n) is 10.2. The van der Waals surface area contributed by atoms with Gasteiger partial charge in [-0.2, -0.15) is 0 Å². The van der Waals surface area contributed by atoms with E-state index < -0.39 is 0 Å². The minimum Gasteiger partial charge on any atom is -0.484 e. The summed E-state index contributed by atoms with van der Waals surface area (Å²) in [6.45, 7) is 2.24. The molecule has 1 fully saturated rings. The Hall–Kier alpha value is -1.17. The average Bonchev–Trinajstić information content (AvgIpc) is 3.05. The summed E-state index contributed by atoms with van der Waals surface area (Å²) in [5.74, 6) is 1.38. The first-order chi connectivity index (χ1) is 14.5. The van der Waals surface area contributed by atoms with Crippen LogP contribution < -0.4 is 10.1 Å². The molecule has 2 aromatic carbocycles. The van der Waals surface area contributed by atoms with Crippen molar-refractivity contribution in [3.05, 3.63) is 56.2 Å². The van der Waals surface area contributed by atoms with E-state index >= 15 is 0 Å². The van der Waals surface area contributed by atoms with Crippen LogP contribution in [0.4, 0.5) is 0 Å². The van der Waals surface area contributed by atoms with Gasteiger partial charge in [-0.25, -0.2) is 4.98 Å². The molecule has 0 spiro atoms. The number of benzene rings is 2. The molecule has 1 unspecified atom stereocenters. The van der Waals surface area contributed by atoms with Gasteiger partial charge in [-0.3, -0.25) is 0 Å². The molecule has 1 N–H and O–H groups in total. The molecule has 30 heavy (non-hydrogen) atoms. The Morgan fingerprint density at radius 2 is 1.87 bits per heavy atom. The third kappa shape index (κ3) is 5.17. The highest BCUT2D eigenvalue weighted by Gasteiger charge is 2.16. The highest BCUT2D eigenvalue weighted by Crippen LogP contribution is 2.31. The summed E-state index contributed by atoms with van der Waals surface area (Å²) in [5.41, 5.74) is 1.77. The third-order valence-electron chi connectivity index (χ3n) is 5.47. The fourth-order valence-electron chi connectivity index (χ4n) is 3.93. The number of hydrogen-bond donors (Lipinski definition) is 1. The number of imidazole rings is 1. The van der Waals surface area contributed by atoms with Crippen molar-refractivity contribution < 1.29 is 4.74 Å². The number of nitrogens with zero attached hydrogens (tertiary/aromatic N) is 2. The largest absolute Gasteiger partial charge is 0.484 e. The second-order valence-corrected chi connectivity index (χ2v) is 9.25. The molecule has 4 rings (SSSR count). The SMILES string of the molecule is Clc1ccc(OCc2nc3cc(Cl)c(Cl)cc3n2CCCC2CCCCN2)c(Cl)c1. The van der Waals surface area contributed by atoms with Crippen molar-refractivity contribution in [1.82, 2.24) is 14.9 Å². The van der Waals surface area contributed by atoms with Crippen LogP contribution in [0, 0.1) is 0 Å². The summed E-state index contributed by atoms with van der Waals surface area (Å²) in [7, 11) is 0. The summed E-state index contributed by atoms with van der Waals surface area (Å²) in [6, 6.07) is 9.46. The molecule has 1 aliphatic heterocycles. The van der Waals surface area contributed by atoms with Crippen molar-refractivity contribution in [2.75, 3.05) is 6.54 Å². The summed E-state index contributed by atoms with van der Waals surface area (Å²) in [5, 5.41) is 5.67. The lowest BCUT2D eigenvalue weighted by Crippen LogP contribution is -2.34. The molecular weight excluding hydrogens is 464 g/mol. The van der Waals surface area contributed by atoms with Crippen LogP contribution in [-0.2, 0) is 13.2 Å². The zero-order valence-corrected chi connectivity index (χ0v) is 19.5. The van der Waals surface area contributed by atoms with E-state index in [4.69, 9.17) is 56.1 Å². The van der Waals surface area contributed by atoms with Crippen LogP contribution >= 0.6 is 46.4 Å². The van der Waals surface area contributed by atoms with Crippen molar-refractivity contribution in [2.45, 2.75) is 51.3 Å². The maximum absolute atomic E-state index is 6.29. The summed E-state index contributed by atoms with van der Waals surface area (Å²) < 4.78 is 8.12. The molecule has 8 heteroatoms. The highest BCUT2D eigenvalue weighted by atomic mass is 35.5. The number of halogens is 4. The maximum atomic E-state index is 6.29. The van der Waals surface area contributed by atoms with Gasteiger partial charge < -0.3 is 14.6 Å². The van der Waals surface area contributed by atoms with E-state index in [0.29, 0.717) is 31.9 Å². The Kier molecular flexibility index (Phi) is 7.32. The third-order valence-corrected chi connectivity index (χ3v) is 6.72. The zero-order valence-electron chi connectivity index (χ0n) is 16.4. The molecule has 3 aromatic rings. The molecule has 1 atom stereocenters. The van der Waals surface area contributed by atoms with Crippen molar-refractivity contribution in [2.24, 2.45) is 0 Å². The molecule has 0 radical (unpaired) electrons. The summed E-state index contributed by atoms with van der Waals surface area (Å²) in [4.78, 5) is 4.75.